The smallest absolute Gasteiger partial charge is 0.109 e. The molecule has 1 saturated heterocycles. The van der Waals surface area contributed by atoms with E-state index in [-0.39, 0.29) is 0 Å². The maximum atomic E-state index is 4.61. The molecule has 0 aliphatic carbocycles. The van der Waals surface area contributed by atoms with Gasteiger partial charge in [0.05, 0.1) is 11.9 Å². The molecule has 2 aromatic carbocycles. The number of hydrogen-bond acceptors (Lipinski definition) is 2. The van der Waals surface area contributed by atoms with Crippen LogP contribution in [0.4, 0.5) is 0 Å². The highest BCUT2D eigenvalue weighted by molar-refractivity contribution is 5.68. The van der Waals surface area contributed by atoms with Crippen molar-refractivity contribution in [1.82, 2.24) is 15.3 Å². The van der Waals surface area contributed by atoms with Crippen LogP contribution in [-0.4, -0.2) is 23.1 Å². The number of aromatic amines is 1. The highest BCUT2D eigenvalue weighted by atomic mass is 14.9. The molecule has 2 heterocycles. The Morgan fingerprint density at radius 1 is 0.783 bits per heavy atom. The molecule has 116 valence electrons. The average Bonchev–Trinajstić information content (AvgIpc) is 3.14. The maximum absolute atomic E-state index is 4.61. The molecule has 0 bridgehead atoms. The standard InChI is InChI=1S/C20H21N3/c1-2-4-15(5-3-1)16-6-8-17(9-7-16)19-14-22-20(23-19)18-10-12-21-13-11-18/h1-9,14,18,21H,10-13H2,(H,22,23). The van der Waals surface area contributed by atoms with Gasteiger partial charge in [-0.15, -0.1) is 0 Å². The monoisotopic (exact) mass is 303 g/mol. The second-order valence-corrected chi connectivity index (χ2v) is 6.15. The highest BCUT2D eigenvalue weighted by Crippen LogP contribution is 2.27. The van der Waals surface area contributed by atoms with Crippen LogP contribution in [0.5, 0.6) is 0 Å². The number of benzene rings is 2. The van der Waals surface area contributed by atoms with E-state index in [1.807, 2.05) is 12.3 Å². The summed E-state index contributed by atoms with van der Waals surface area (Å²) in [4.78, 5) is 8.13. The van der Waals surface area contributed by atoms with Crippen molar-refractivity contribution in [2.45, 2.75) is 18.8 Å². The van der Waals surface area contributed by atoms with Gasteiger partial charge in [-0.2, -0.15) is 0 Å². The van der Waals surface area contributed by atoms with Crippen molar-refractivity contribution >= 4 is 0 Å². The second-order valence-electron chi connectivity index (χ2n) is 6.15. The van der Waals surface area contributed by atoms with E-state index in [1.165, 1.54) is 29.5 Å². The third-order valence-electron chi connectivity index (χ3n) is 4.62. The molecule has 1 aliphatic heterocycles. The van der Waals surface area contributed by atoms with Crippen LogP contribution in [-0.2, 0) is 0 Å². The third kappa shape index (κ3) is 3.06. The number of aromatic nitrogens is 2. The molecular formula is C20H21N3. The van der Waals surface area contributed by atoms with E-state index in [0.29, 0.717) is 5.92 Å². The van der Waals surface area contributed by atoms with Gasteiger partial charge in [-0.3, -0.25) is 0 Å². The van der Waals surface area contributed by atoms with E-state index in [1.54, 1.807) is 0 Å². The Labute approximate surface area is 136 Å². The normalized spacial score (nSPS) is 15.7. The Hall–Kier alpha value is -2.39. The second kappa shape index (κ2) is 6.39. The molecule has 4 rings (SSSR count). The maximum Gasteiger partial charge on any atom is 0.109 e. The van der Waals surface area contributed by atoms with Gasteiger partial charge < -0.3 is 10.3 Å². The largest absolute Gasteiger partial charge is 0.342 e. The van der Waals surface area contributed by atoms with E-state index >= 15 is 0 Å². The van der Waals surface area contributed by atoms with Gasteiger partial charge in [-0.1, -0.05) is 54.6 Å². The van der Waals surface area contributed by atoms with Crippen molar-refractivity contribution in [2.75, 3.05) is 13.1 Å². The van der Waals surface area contributed by atoms with Crippen molar-refractivity contribution in [2.24, 2.45) is 0 Å². The van der Waals surface area contributed by atoms with Crippen molar-refractivity contribution < 1.29 is 0 Å². The molecule has 1 fully saturated rings. The first-order valence-corrected chi connectivity index (χ1v) is 8.31. The van der Waals surface area contributed by atoms with Gasteiger partial charge in [0.2, 0.25) is 0 Å². The summed E-state index contributed by atoms with van der Waals surface area (Å²) in [6.07, 6.45) is 4.30. The van der Waals surface area contributed by atoms with Crippen molar-refractivity contribution in [3.05, 3.63) is 66.6 Å². The quantitative estimate of drug-likeness (QED) is 0.761. The van der Waals surface area contributed by atoms with E-state index in [9.17, 15) is 0 Å². The molecule has 0 saturated carbocycles. The van der Waals surface area contributed by atoms with Crippen LogP contribution in [0.25, 0.3) is 22.4 Å². The fraction of sp³-hybridized carbons (Fsp3) is 0.250. The minimum absolute atomic E-state index is 0.564. The number of nitrogens with one attached hydrogen (secondary N) is 2. The van der Waals surface area contributed by atoms with E-state index in [0.717, 1.165) is 24.6 Å². The van der Waals surface area contributed by atoms with Crippen LogP contribution in [0.15, 0.2) is 60.8 Å². The summed E-state index contributed by atoms with van der Waals surface area (Å²) in [5, 5.41) is 3.40. The Morgan fingerprint density at radius 2 is 1.43 bits per heavy atom. The molecule has 0 radical (unpaired) electrons. The van der Waals surface area contributed by atoms with Crippen LogP contribution in [0.1, 0.15) is 24.6 Å². The zero-order chi connectivity index (χ0) is 15.5. The molecule has 3 aromatic rings. The lowest BCUT2D eigenvalue weighted by Crippen LogP contribution is -2.27. The number of piperidine rings is 1. The molecule has 23 heavy (non-hydrogen) atoms. The molecular weight excluding hydrogens is 282 g/mol. The zero-order valence-electron chi connectivity index (χ0n) is 13.1. The summed E-state index contributed by atoms with van der Waals surface area (Å²) >= 11 is 0. The fourth-order valence-electron chi connectivity index (χ4n) is 3.26. The van der Waals surface area contributed by atoms with E-state index in [4.69, 9.17) is 0 Å². The number of imidazole rings is 1. The van der Waals surface area contributed by atoms with Crippen LogP contribution in [0.2, 0.25) is 0 Å². The molecule has 3 nitrogen and oxygen atoms in total. The van der Waals surface area contributed by atoms with Crippen molar-refractivity contribution in [3.63, 3.8) is 0 Å². The summed E-state index contributed by atoms with van der Waals surface area (Å²) in [5.41, 5.74) is 4.79. The van der Waals surface area contributed by atoms with Gasteiger partial charge in [-0.25, -0.2) is 4.98 Å². The molecule has 0 spiro atoms. The number of hydrogen-bond donors (Lipinski definition) is 2. The first-order chi connectivity index (χ1) is 11.4. The SMILES string of the molecule is c1ccc(-c2ccc(-c3cnc(C4CCNCC4)[nH]3)cc2)cc1. The predicted molar refractivity (Wildman–Crippen MR) is 94.3 cm³/mol. The minimum Gasteiger partial charge on any atom is -0.342 e. The molecule has 0 atom stereocenters. The summed E-state index contributed by atoms with van der Waals surface area (Å²) in [6, 6.07) is 19.2. The topological polar surface area (TPSA) is 40.7 Å². The molecule has 3 heteroatoms. The van der Waals surface area contributed by atoms with Crippen molar-refractivity contribution in [1.29, 1.82) is 0 Å². The summed E-state index contributed by atoms with van der Waals surface area (Å²) in [5.74, 6) is 1.70. The lowest BCUT2D eigenvalue weighted by molar-refractivity contribution is 0.447. The number of rotatable bonds is 3. The third-order valence-corrected chi connectivity index (χ3v) is 4.62. The van der Waals surface area contributed by atoms with Crippen LogP contribution >= 0.6 is 0 Å². The zero-order valence-corrected chi connectivity index (χ0v) is 13.1. The molecule has 2 N–H and O–H groups in total. The number of H-pyrrole nitrogens is 1. The van der Waals surface area contributed by atoms with Crippen LogP contribution < -0.4 is 5.32 Å². The highest BCUT2D eigenvalue weighted by Gasteiger charge is 2.18. The van der Waals surface area contributed by atoms with E-state index < -0.39 is 0 Å². The van der Waals surface area contributed by atoms with Gasteiger partial charge >= 0.3 is 0 Å². The first-order valence-electron chi connectivity index (χ1n) is 8.31. The molecule has 0 amide bonds. The lowest BCUT2D eigenvalue weighted by atomic mass is 9.97. The molecule has 0 unspecified atom stereocenters. The fourth-order valence-corrected chi connectivity index (χ4v) is 3.26. The van der Waals surface area contributed by atoms with Gasteiger partial charge in [-0.05, 0) is 42.6 Å². The Bertz CT molecular complexity index is 753. The van der Waals surface area contributed by atoms with Gasteiger partial charge in [0.15, 0.2) is 0 Å². The van der Waals surface area contributed by atoms with E-state index in [2.05, 4.69) is 63.8 Å². The molecule has 1 aliphatic rings. The van der Waals surface area contributed by atoms with Crippen molar-refractivity contribution in [3.8, 4) is 22.4 Å². The Morgan fingerprint density at radius 3 is 2.17 bits per heavy atom. The average molecular weight is 303 g/mol. The summed E-state index contributed by atoms with van der Waals surface area (Å²) < 4.78 is 0. The first kappa shape index (κ1) is 14.2. The Kier molecular flexibility index (Phi) is 3.95. The van der Waals surface area contributed by atoms with Gasteiger partial charge in [0, 0.05) is 5.92 Å². The lowest BCUT2D eigenvalue weighted by Gasteiger charge is -2.20. The Balaban J connectivity index is 1.55. The summed E-state index contributed by atoms with van der Waals surface area (Å²) in [6.45, 7) is 2.18. The predicted octanol–water partition coefficient (Wildman–Crippen LogP) is 4.21. The van der Waals surface area contributed by atoms with Gasteiger partial charge in [0.25, 0.3) is 0 Å². The molecule has 1 aromatic heterocycles. The number of nitrogens with zero attached hydrogens (tertiary/aromatic N) is 1. The van der Waals surface area contributed by atoms with Crippen LogP contribution in [0.3, 0.4) is 0 Å². The van der Waals surface area contributed by atoms with Gasteiger partial charge in [0.1, 0.15) is 5.82 Å². The van der Waals surface area contributed by atoms with Crippen LogP contribution in [0, 0.1) is 0 Å². The minimum atomic E-state index is 0.564. The summed E-state index contributed by atoms with van der Waals surface area (Å²) in [7, 11) is 0.